The minimum Gasteiger partial charge on any atom is -0.490 e. The summed E-state index contributed by atoms with van der Waals surface area (Å²) in [6.07, 6.45) is 2.64. The van der Waals surface area contributed by atoms with Crippen molar-refractivity contribution in [3.8, 4) is 17.2 Å². The van der Waals surface area contributed by atoms with Crippen LogP contribution in [0.25, 0.3) is 11.5 Å². The van der Waals surface area contributed by atoms with E-state index in [1.165, 1.54) is 0 Å². The van der Waals surface area contributed by atoms with E-state index >= 15 is 0 Å². The number of hydrogen-bond acceptors (Lipinski definition) is 4. The summed E-state index contributed by atoms with van der Waals surface area (Å²) in [7, 11) is 0. The van der Waals surface area contributed by atoms with Gasteiger partial charge in [0.25, 0.3) is 5.91 Å². The first-order chi connectivity index (χ1) is 14.8. The Morgan fingerprint density at radius 1 is 1.16 bits per heavy atom. The highest BCUT2D eigenvalue weighted by atomic mass is 19.1. The number of aryl methyl sites for hydroxylation is 2. The third kappa shape index (κ3) is 5.10. The molecule has 7 heteroatoms. The highest BCUT2D eigenvalue weighted by Crippen LogP contribution is 2.31. The van der Waals surface area contributed by atoms with Gasteiger partial charge in [0.15, 0.2) is 11.6 Å². The van der Waals surface area contributed by atoms with Gasteiger partial charge in [-0.25, -0.2) is 13.8 Å². The average Bonchev–Trinajstić information content (AvgIpc) is 3.11. The van der Waals surface area contributed by atoms with Crippen LogP contribution in [0.5, 0.6) is 5.75 Å². The molecule has 1 aromatic heterocycles. The summed E-state index contributed by atoms with van der Waals surface area (Å²) in [6.45, 7) is 6.01. The number of carbonyl (C=O) groups excluding carboxylic acids is 1. The van der Waals surface area contributed by atoms with Crippen LogP contribution in [0.3, 0.4) is 0 Å². The minimum atomic E-state index is -1.18. The highest BCUT2D eigenvalue weighted by molar-refractivity contribution is 5.93. The molecule has 3 rings (SSSR count). The van der Waals surface area contributed by atoms with Crippen LogP contribution in [0.4, 0.5) is 8.78 Å². The molecule has 0 aliphatic rings. The molecule has 0 spiro atoms. The Hall–Kier alpha value is -3.22. The predicted molar refractivity (Wildman–Crippen MR) is 114 cm³/mol. The first kappa shape index (κ1) is 22.5. The third-order valence-electron chi connectivity index (χ3n) is 5.17. The molecule has 164 valence electrons. The molecule has 0 aliphatic carbocycles. The standard InChI is InChI=1S/C24H26F2N2O3/c1-4-5-6-17(13-30-19-12-11-18(25)20(21(19)26)23(27)29)22-15(3)31-24(28-22)16-9-7-14(2)8-10-16/h7-12,17H,4-6,13H2,1-3H3,(H2,27,29). The molecule has 1 heterocycles. The third-order valence-corrected chi connectivity index (χ3v) is 5.17. The topological polar surface area (TPSA) is 78.4 Å². The zero-order chi connectivity index (χ0) is 22.5. The molecule has 5 nitrogen and oxygen atoms in total. The summed E-state index contributed by atoms with van der Waals surface area (Å²) in [4.78, 5) is 16.0. The highest BCUT2D eigenvalue weighted by Gasteiger charge is 2.24. The quantitative estimate of drug-likeness (QED) is 0.475. The maximum Gasteiger partial charge on any atom is 0.254 e. The molecule has 0 saturated carbocycles. The first-order valence-electron chi connectivity index (χ1n) is 10.3. The molecule has 31 heavy (non-hydrogen) atoms. The molecule has 0 saturated heterocycles. The second kappa shape index (κ2) is 9.73. The number of halogens is 2. The fourth-order valence-corrected chi connectivity index (χ4v) is 3.42. The van der Waals surface area contributed by atoms with E-state index < -0.39 is 23.1 Å². The largest absolute Gasteiger partial charge is 0.490 e. The summed E-state index contributed by atoms with van der Waals surface area (Å²) < 4.78 is 39.8. The number of amides is 1. The number of carbonyl (C=O) groups is 1. The molecule has 0 aliphatic heterocycles. The van der Waals surface area contributed by atoms with Gasteiger partial charge in [-0.1, -0.05) is 37.5 Å². The number of oxazole rings is 1. The summed E-state index contributed by atoms with van der Waals surface area (Å²) >= 11 is 0. The van der Waals surface area contributed by atoms with E-state index in [1.807, 2.05) is 38.1 Å². The lowest BCUT2D eigenvalue weighted by molar-refractivity contribution is 0.0991. The second-order valence-corrected chi connectivity index (χ2v) is 7.58. The van der Waals surface area contributed by atoms with Crippen LogP contribution < -0.4 is 10.5 Å². The Bertz CT molecular complexity index is 1060. The monoisotopic (exact) mass is 428 g/mol. The van der Waals surface area contributed by atoms with E-state index in [0.717, 1.165) is 48.2 Å². The van der Waals surface area contributed by atoms with Crippen LogP contribution in [0.2, 0.25) is 0 Å². The van der Waals surface area contributed by atoms with Crippen LogP contribution >= 0.6 is 0 Å². The van der Waals surface area contributed by atoms with Crippen LogP contribution in [0.1, 0.15) is 59.5 Å². The Labute approximate surface area is 180 Å². The van der Waals surface area contributed by atoms with Crippen molar-refractivity contribution in [2.24, 2.45) is 5.73 Å². The summed E-state index contributed by atoms with van der Waals surface area (Å²) in [6, 6.07) is 9.99. The van der Waals surface area contributed by atoms with E-state index in [0.29, 0.717) is 11.7 Å². The number of benzene rings is 2. The van der Waals surface area contributed by atoms with E-state index in [2.05, 4.69) is 11.9 Å². The van der Waals surface area contributed by atoms with Crippen molar-refractivity contribution in [1.29, 1.82) is 0 Å². The molecule has 0 radical (unpaired) electrons. The molecule has 0 bridgehead atoms. The van der Waals surface area contributed by atoms with Crippen molar-refractivity contribution in [1.82, 2.24) is 4.98 Å². The Morgan fingerprint density at radius 3 is 2.52 bits per heavy atom. The fourth-order valence-electron chi connectivity index (χ4n) is 3.42. The lowest BCUT2D eigenvalue weighted by Gasteiger charge is -2.17. The van der Waals surface area contributed by atoms with Crippen LogP contribution in [0.15, 0.2) is 40.8 Å². The molecule has 2 N–H and O–H groups in total. The van der Waals surface area contributed by atoms with E-state index in [9.17, 15) is 13.6 Å². The summed E-state index contributed by atoms with van der Waals surface area (Å²) in [5, 5.41) is 0. The SMILES string of the molecule is CCCCC(COc1ccc(F)c(C(N)=O)c1F)c1nc(-c2ccc(C)cc2)oc1C. The van der Waals surface area contributed by atoms with Gasteiger partial charge in [-0.3, -0.25) is 4.79 Å². The molecular weight excluding hydrogens is 402 g/mol. The van der Waals surface area contributed by atoms with Gasteiger partial charge in [-0.15, -0.1) is 0 Å². The molecule has 0 fully saturated rings. The van der Waals surface area contributed by atoms with E-state index in [4.69, 9.17) is 14.9 Å². The number of unbranched alkanes of at least 4 members (excludes halogenated alkanes) is 1. The zero-order valence-electron chi connectivity index (χ0n) is 17.9. The van der Waals surface area contributed by atoms with Crippen molar-refractivity contribution >= 4 is 5.91 Å². The van der Waals surface area contributed by atoms with Gasteiger partial charge in [-0.2, -0.15) is 0 Å². The number of hydrogen-bond donors (Lipinski definition) is 1. The van der Waals surface area contributed by atoms with Gasteiger partial charge in [-0.05, 0) is 44.5 Å². The van der Waals surface area contributed by atoms with Crippen molar-refractivity contribution in [3.63, 3.8) is 0 Å². The number of primary amides is 1. The van der Waals surface area contributed by atoms with Crippen LogP contribution in [0, 0.1) is 25.5 Å². The normalized spacial score (nSPS) is 12.0. The van der Waals surface area contributed by atoms with Gasteiger partial charge >= 0.3 is 0 Å². The van der Waals surface area contributed by atoms with Crippen molar-refractivity contribution < 1.29 is 22.7 Å². The van der Waals surface area contributed by atoms with Crippen molar-refractivity contribution in [2.75, 3.05) is 6.61 Å². The number of ether oxygens (including phenoxy) is 1. The van der Waals surface area contributed by atoms with Gasteiger partial charge in [0.05, 0.1) is 12.3 Å². The van der Waals surface area contributed by atoms with Gasteiger partial charge in [0.1, 0.15) is 17.1 Å². The number of rotatable bonds is 9. The molecule has 1 unspecified atom stereocenters. The Kier molecular flexibility index (Phi) is 7.05. The Balaban J connectivity index is 1.86. The molecule has 3 aromatic rings. The average molecular weight is 428 g/mol. The number of aromatic nitrogens is 1. The van der Waals surface area contributed by atoms with Crippen molar-refractivity contribution in [2.45, 2.75) is 46.0 Å². The summed E-state index contributed by atoms with van der Waals surface area (Å²) in [5.74, 6) is -2.51. The predicted octanol–water partition coefficient (Wildman–Crippen LogP) is 5.69. The van der Waals surface area contributed by atoms with Crippen molar-refractivity contribution in [3.05, 3.63) is 70.6 Å². The van der Waals surface area contributed by atoms with E-state index in [-0.39, 0.29) is 18.3 Å². The smallest absolute Gasteiger partial charge is 0.254 e. The zero-order valence-corrected chi connectivity index (χ0v) is 17.9. The van der Waals surface area contributed by atoms with Crippen LogP contribution in [-0.4, -0.2) is 17.5 Å². The molecule has 1 atom stereocenters. The second-order valence-electron chi connectivity index (χ2n) is 7.58. The summed E-state index contributed by atoms with van der Waals surface area (Å²) in [5.41, 5.74) is 7.02. The number of nitrogens with zero attached hydrogens (tertiary/aromatic N) is 1. The molecule has 2 aromatic carbocycles. The maximum absolute atomic E-state index is 14.5. The lowest BCUT2D eigenvalue weighted by atomic mass is 9.98. The van der Waals surface area contributed by atoms with Gasteiger partial charge < -0.3 is 14.9 Å². The fraction of sp³-hybridized carbons (Fsp3) is 0.333. The van der Waals surface area contributed by atoms with Crippen LogP contribution in [-0.2, 0) is 0 Å². The molecule has 1 amide bonds. The van der Waals surface area contributed by atoms with Gasteiger partial charge in [0.2, 0.25) is 5.89 Å². The maximum atomic E-state index is 14.5. The van der Waals surface area contributed by atoms with Gasteiger partial charge in [0, 0.05) is 11.5 Å². The van der Waals surface area contributed by atoms with E-state index in [1.54, 1.807) is 0 Å². The molecular formula is C24H26F2N2O3. The first-order valence-corrected chi connectivity index (χ1v) is 10.3. The Morgan fingerprint density at radius 2 is 1.87 bits per heavy atom. The lowest BCUT2D eigenvalue weighted by Crippen LogP contribution is -2.17. The number of nitrogens with two attached hydrogens (primary N) is 1. The minimum absolute atomic E-state index is 0.0987.